The number of thiophene rings is 1. The number of benzene rings is 1. The number of amides is 1. The predicted octanol–water partition coefficient (Wildman–Crippen LogP) is 2.67. The third kappa shape index (κ3) is 4.39. The van der Waals surface area contributed by atoms with E-state index in [0.29, 0.717) is 4.88 Å². The number of carbonyl (C=O) groups is 2. The zero-order valence-corrected chi connectivity index (χ0v) is 12.2. The second-order valence-corrected chi connectivity index (χ2v) is 5.33. The molecule has 1 amide bonds. The summed E-state index contributed by atoms with van der Waals surface area (Å²) in [7, 11) is 0. The number of carbonyl (C=O) groups excluding carboxylic acids is 2. The van der Waals surface area contributed by atoms with Crippen molar-refractivity contribution in [2.45, 2.75) is 13.5 Å². The van der Waals surface area contributed by atoms with Gasteiger partial charge in [0.1, 0.15) is 10.7 Å². The first-order valence-corrected chi connectivity index (χ1v) is 7.16. The molecule has 0 atom stereocenters. The van der Waals surface area contributed by atoms with Crippen molar-refractivity contribution in [1.29, 1.82) is 0 Å². The Bertz CT molecular complexity index is 637. The van der Waals surface area contributed by atoms with Crippen LogP contribution in [-0.2, 0) is 16.1 Å². The van der Waals surface area contributed by atoms with Gasteiger partial charge in [-0.05, 0) is 41.6 Å². The summed E-state index contributed by atoms with van der Waals surface area (Å²) in [5.74, 6) is -1.23. The van der Waals surface area contributed by atoms with Gasteiger partial charge in [0, 0.05) is 6.54 Å². The Morgan fingerprint density at radius 3 is 2.57 bits per heavy atom. The average Bonchev–Trinajstić information content (AvgIpc) is 2.90. The number of rotatable bonds is 5. The van der Waals surface area contributed by atoms with Gasteiger partial charge in [-0.25, -0.2) is 9.18 Å². The first kappa shape index (κ1) is 15.2. The maximum Gasteiger partial charge on any atom is 0.349 e. The molecule has 0 aliphatic heterocycles. The molecule has 0 aliphatic carbocycles. The largest absolute Gasteiger partial charge is 0.451 e. The molecule has 1 aromatic carbocycles. The third-order valence-corrected chi connectivity index (χ3v) is 3.78. The Kier molecular flexibility index (Phi) is 5.05. The minimum atomic E-state index is -0.501. The standard InChI is InChI=1S/C15H14FNO3S/c1-10-6-7-21-14(10)15(19)20-9-13(18)17-8-11-2-4-12(16)5-3-11/h2-7H,8-9H2,1H3,(H,17,18). The van der Waals surface area contributed by atoms with Crippen molar-refractivity contribution in [2.75, 3.05) is 6.61 Å². The monoisotopic (exact) mass is 307 g/mol. The Balaban J connectivity index is 1.76. The SMILES string of the molecule is Cc1ccsc1C(=O)OCC(=O)NCc1ccc(F)cc1. The average molecular weight is 307 g/mol. The summed E-state index contributed by atoms with van der Waals surface area (Å²) in [6.07, 6.45) is 0. The van der Waals surface area contributed by atoms with Crippen LogP contribution in [0.2, 0.25) is 0 Å². The van der Waals surface area contributed by atoms with Crippen molar-refractivity contribution < 1.29 is 18.7 Å². The Morgan fingerprint density at radius 2 is 1.95 bits per heavy atom. The lowest BCUT2D eigenvalue weighted by atomic mass is 10.2. The third-order valence-electron chi connectivity index (χ3n) is 2.78. The molecule has 0 unspecified atom stereocenters. The number of hydrogen-bond donors (Lipinski definition) is 1. The molecule has 1 heterocycles. The van der Waals surface area contributed by atoms with E-state index >= 15 is 0 Å². The number of ether oxygens (including phenoxy) is 1. The number of halogens is 1. The molecule has 21 heavy (non-hydrogen) atoms. The van der Waals surface area contributed by atoms with E-state index in [9.17, 15) is 14.0 Å². The van der Waals surface area contributed by atoms with Crippen molar-refractivity contribution in [1.82, 2.24) is 5.32 Å². The van der Waals surface area contributed by atoms with Gasteiger partial charge in [-0.2, -0.15) is 0 Å². The van der Waals surface area contributed by atoms with Gasteiger partial charge in [0.25, 0.3) is 5.91 Å². The first-order chi connectivity index (χ1) is 10.1. The molecule has 2 rings (SSSR count). The normalized spacial score (nSPS) is 10.2. The molecule has 1 N–H and O–H groups in total. The lowest BCUT2D eigenvalue weighted by Gasteiger charge is -2.06. The van der Waals surface area contributed by atoms with Gasteiger partial charge in [-0.1, -0.05) is 12.1 Å². The van der Waals surface area contributed by atoms with E-state index in [1.54, 1.807) is 17.5 Å². The van der Waals surface area contributed by atoms with Crippen LogP contribution in [0.15, 0.2) is 35.7 Å². The maximum atomic E-state index is 12.7. The van der Waals surface area contributed by atoms with Crippen molar-refractivity contribution in [3.8, 4) is 0 Å². The van der Waals surface area contributed by atoms with Crippen molar-refractivity contribution >= 4 is 23.2 Å². The summed E-state index contributed by atoms with van der Waals surface area (Å²) in [5, 5.41) is 4.39. The summed E-state index contributed by atoms with van der Waals surface area (Å²) >= 11 is 1.28. The van der Waals surface area contributed by atoms with E-state index in [1.165, 1.54) is 23.5 Å². The highest BCUT2D eigenvalue weighted by Crippen LogP contribution is 2.16. The van der Waals surface area contributed by atoms with E-state index in [-0.39, 0.29) is 19.0 Å². The van der Waals surface area contributed by atoms with Crippen LogP contribution in [0.3, 0.4) is 0 Å². The predicted molar refractivity (Wildman–Crippen MR) is 77.6 cm³/mol. The fraction of sp³-hybridized carbons (Fsp3) is 0.200. The smallest absolute Gasteiger partial charge is 0.349 e. The van der Waals surface area contributed by atoms with Crippen LogP contribution in [0.5, 0.6) is 0 Å². The van der Waals surface area contributed by atoms with E-state index in [4.69, 9.17) is 4.74 Å². The highest BCUT2D eigenvalue weighted by Gasteiger charge is 2.13. The van der Waals surface area contributed by atoms with Gasteiger partial charge in [0.15, 0.2) is 6.61 Å². The number of esters is 1. The van der Waals surface area contributed by atoms with E-state index in [1.807, 2.05) is 13.0 Å². The molecule has 0 aliphatic rings. The molecule has 4 nitrogen and oxygen atoms in total. The lowest BCUT2D eigenvalue weighted by Crippen LogP contribution is -2.28. The highest BCUT2D eigenvalue weighted by atomic mass is 32.1. The lowest BCUT2D eigenvalue weighted by molar-refractivity contribution is -0.124. The Morgan fingerprint density at radius 1 is 1.24 bits per heavy atom. The zero-order chi connectivity index (χ0) is 15.2. The summed E-state index contributed by atoms with van der Waals surface area (Å²) in [4.78, 5) is 23.8. The van der Waals surface area contributed by atoms with Crippen LogP contribution in [0, 0.1) is 12.7 Å². The van der Waals surface area contributed by atoms with Crippen LogP contribution in [-0.4, -0.2) is 18.5 Å². The molecule has 6 heteroatoms. The number of aryl methyl sites for hydroxylation is 1. The molecule has 0 saturated carbocycles. The topological polar surface area (TPSA) is 55.4 Å². The highest BCUT2D eigenvalue weighted by molar-refractivity contribution is 7.12. The van der Waals surface area contributed by atoms with Crippen LogP contribution >= 0.6 is 11.3 Å². The summed E-state index contributed by atoms with van der Waals surface area (Å²) in [5.41, 5.74) is 1.60. The summed E-state index contributed by atoms with van der Waals surface area (Å²) in [6.45, 7) is 1.73. The van der Waals surface area contributed by atoms with Gasteiger partial charge in [-0.3, -0.25) is 4.79 Å². The molecule has 110 valence electrons. The van der Waals surface area contributed by atoms with Crippen LogP contribution in [0.1, 0.15) is 20.8 Å². The second-order valence-electron chi connectivity index (χ2n) is 4.41. The van der Waals surface area contributed by atoms with Gasteiger partial charge in [0.05, 0.1) is 0 Å². The fourth-order valence-corrected chi connectivity index (χ4v) is 2.45. The first-order valence-electron chi connectivity index (χ1n) is 6.28. The van der Waals surface area contributed by atoms with Gasteiger partial charge in [-0.15, -0.1) is 11.3 Å². The molecular formula is C15H14FNO3S. The van der Waals surface area contributed by atoms with Gasteiger partial charge < -0.3 is 10.1 Å². The molecule has 0 bridgehead atoms. The van der Waals surface area contributed by atoms with E-state index < -0.39 is 11.9 Å². The zero-order valence-electron chi connectivity index (χ0n) is 11.4. The van der Waals surface area contributed by atoms with Crippen molar-refractivity contribution in [2.24, 2.45) is 0 Å². The number of hydrogen-bond acceptors (Lipinski definition) is 4. The molecule has 1 aromatic heterocycles. The van der Waals surface area contributed by atoms with Gasteiger partial charge in [0.2, 0.25) is 0 Å². The Labute approximate surface area is 125 Å². The molecule has 0 fully saturated rings. The molecule has 2 aromatic rings. The van der Waals surface area contributed by atoms with Crippen molar-refractivity contribution in [3.63, 3.8) is 0 Å². The molecule has 0 spiro atoms. The summed E-state index contributed by atoms with van der Waals surface area (Å²) in [6, 6.07) is 7.62. The van der Waals surface area contributed by atoms with E-state index in [0.717, 1.165) is 11.1 Å². The van der Waals surface area contributed by atoms with Crippen LogP contribution in [0.25, 0.3) is 0 Å². The quantitative estimate of drug-likeness (QED) is 0.864. The maximum absolute atomic E-state index is 12.7. The fourth-order valence-electron chi connectivity index (χ4n) is 1.63. The molecule has 0 saturated heterocycles. The summed E-state index contributed by atoms with van der Waals surface area (Å²) < 4.78 is 17.7. The van der Waals surface area contributed by atoms with E-state index in [2.05, 4.69) is 5.32 Å². The van der Waals surface area contributed by atoms with Crippen LogP contribution < -0.4 is 5.32 Å². The van der Waals surface area contributed by atoms with Crippen LogP contribution in [0.4, 0.5) is 4.39 Å². The van der Waals surface area contributed by atoms with Gasteiger partial charge >= 0.3 is 5.97 Å². The second kappa shape index (κ2) is 6.99. The van der Waals surface area contributed by atoms with Crippen molar-refractivity contribution in [3.05, 3.63) is 57.5 Å². The number of nitrogens with one attached hydrogen (secondary N) is 1. The minimum absolute atomic E-state index is 0.259. The molecular weight excluding hydrogens is 293 g/mol. The molecule has 0 radical (unpaired) electrons. The Hall–Kier alpha value is -2.21. The minimum Gasteiger partial charge on any atom is -0.451 e.